The summed E-state index contributed by atoms with van der Waals surface area (Å²) in [6.45, 7) is 5.85. The summed E-state index contributed by atoms with van der Waals surface area (Å²) in [4.78, 5) is 8.35. The zero-order valence-corrected chi connectivity index (χ0v) is 15.3. The second kappa shape index (κ2) is 8.81. The minimum atomic E-state index is 0.909. The van der Waals surface area contributed by atoms with Crippen LogP contribution < -0.4 is 0 Å². The van der Waals surface area contributed by atoms with Gasteiger partial charge in [-0.1, -0.05) is 60.7 Å². The Morgan fingerprint density at radius 1 is 0.615 bits per heavy atom. The molecule has 0 aliphatic rings. The molecular weight excluding hydrogens is 320 g/mol. The fraction of sp³-hybridized carbons (Fsp3) is 0.182. The Hall–Kier alpha value is -3.14. The predicted molar refractivity (Wildman–Crippen MR) is 105 cm³/mol. The van der Waals surface area contributed by atoms with Gasteiger partial charge in [0.2, 0.25) is 0 Å². The summed E-state index contributed by atoms with van der Waals surface area (Å²) in [6.07, 6.45) is 7.67. The molecular formula is C22H24N4. The molecule has 4 aromatic rings. The van der Waals surface area contributed by atoms with Crippen LogP contribution in [0.4, 0.5) is 0 Å². The number of rotatable bonds is 4. The molecule has 2 aromatic carbocycles. The summed E-state index contributed by atoms with van der Waals surface area (Å²) in [6, 6.07) is 20.8. The van der Waals surface area contributed by atoms with Crippen molar-refractivity contribution in [3.8, 4) is 0 Å². The maximum atomic E-state index is 4.18. The van der Waals surface area contributed by atoms with Crippen LogP contribution >= 0.6 is 0 Å². The molecule has 132 valence electrons. The quantitative estimate of drug-likeness (QED) is 0.547. The third kappa shape index (κ3) is 4.93. The maximum Gasteiger partial charge on any atom is 0.105 e. The smallest absolute Gasteiger partial charge is 0.105 e. The Kier molecular flexibility index (Phi) is 5.99. The van der Waals surface area contributed by atoms with Gasteiger partial charge < -0.3 is 9.13 Å². The summed E-state index contributed by atoms with van der Waals surface area (Å²) in [5.41, 5.74) is 2.62. The first-order valence-electron chi connectivity index (χ1n) is 8.75. The Morgan fingerprint density at radius 3 is 1.31 bits per heavy atom. The highest BCUT2D eigenvalue weighted by atomic mass is 15.1. The molecule has 0 aliphatic carbocycles. The lowest BCUT2D eigenvalue weighted by molar-refractivity contribution is 0.762. The van der Waals surface area contributed by atoms with Crippen molar-refractivity contribution in [1.29, 1.82) is 0 Å². The number of nitrogens with zero attached hydrogens (tertiary/aromatic N) is 4. The second-order valence-electron chi connectivity index (χ2n) is 6.18. The van der Waals surface area contributed by atoms with Gasteiger partial charge in [-0.2, -0.15) is 0 Å². The van der Waals surface area contributed by atoms with Gasteiger partial charge in [-0.15, -0.1) is 0 Å². The summed E-state index contributed by atoms with van der Waals surface area (Å²) in [5, 5.41) is 0. The van der Waals surface area contributed by atoms with Crippen LogP contribution in [-0.2, 0) is 13.1 Å². The number of aromatic nitrogens is 4. The van der Waals surface area contributed by atoms with E-state index >= 15 is 0 Å². The second-order valence-corrected chi connectivity index (χ2v) is 6.18. The van der Waals surface area contributed by atoms with Gasteiger partial charge in [0.25, 0.3) is 0 Å². The topological polar surface area (TPSA) is 35.6 Å². The van der Waals surface area contributed by atoms with E-state index in [0.29, 0.717) is 0 Å². The molecule has 0 saturated heterocycles. The third-order valence-electron chi connectivity index (χ3n) is 4.24. The standard InChI is InChI=1S/2C11H12N2/c2*1-10-12-7-8-13(10)9-11-5-3-2-4-6-11/h2*2-8H,9H2,1H3. The first kappa shape index (κ1) is 17.7. The fourth-order valence-corrected chi connectivity index (χ4v) is 2.70. The van der Waals surface area contributed by atoms with Crippen LogP contribution in [0.2, 0.25) is 0 Å². The van der Waals surface area contributed by atoms with E-state index in [0.717, 1.165) is 24.7 Å². The van der Waals surface area contributed by atoms with Crippen molar-refractivity contribution in [2.45, 2.75) is 26.9 Å². The van der Waals surface area contributed by atoms with Crippen LogP contribution in [0.25, 0.3) is 0 Å². The van der Waals surface area contributed by atoms with E-state index in [-0.39, 0.29) is 0 Å². The van der Waals surface area contributed by atoms with Crippen LogP contribution in [0.1, 0.15) is 22.8 Å². The lowest BCUT2D eigenvalue weighted by Crippen LogP contribution is -1.99. The van der Waals surface area contributed by atoms with Gasteiger partial charge in [0.15, 0.2) is 0 Å². The number of hydrogen-bond donors (Lipinski definition) is 0. The molecule has 26 heavy (non-hydrogen) atoms. The van der Waals surface area contributed by atoms with Gasteiger partial charge in [0.1, 0.15) is 11.6 Å². The Balaban J connectivity index is 0.000000151. The molecule has 0 aliphatic heterocycles. The van der Waals surface area contributed by atoms with Crippen LogP contribution in [0.3, 0.4) is 0 Å². The number of imidazole rings is 2. The zero-order chi connectivity index (χ0) is 18.2. The number of aryl methyl sites for hydroxylation is 2. The van der Waals surface area contributed by atoms with E-state index in [4.69, 9.17) is 0 Å². The third-order valence-corrected chi connectivity index (χ3v) is 4.24. The molecule has 4 heteroatoms. The van der Waals surface area contributed by atoms with Crippen molar-refractivity contribution in [2.24, 2.45) is 0 Å². The number of hydrogen-bond acceptors (Lipinski definition) is 2. The molecule has 0 unspecified atom stereocenters. The van der Waals surface area contributed by atoms with Crippen LogP contribution in [0, 0.1) is 13.8 Å². The van der Waals surface area contributed by atoms with Crippen LogP contribution in [0.15, 0.2) is 85.5 Å². The summed E-state index contributed by atoms with van der Waals surface area (Å²) in [5.74, 6) is 2.12. The van der Waals surface area contributed by atoms with Gasteiger partial charge in [-0.3, -0.25) is 0 Å². The molecule has 2 aromatic heterocycles. The van der Waals surface area contributed by atoms with Crippen LogP contribution in [-0.4, -0.2) is 19.1 Å². The molecule has 4 rings (SSSR count). The lowest BCUT2D eigenvalue weighted by atomic mass is 10.2. The maximum absolute atomic E-state index is 4.18. The van der Waals surface area contributed by atoms with Crippen LogP contribution in [0.5, 0.6) is 0 Å². The van der Waals surface area contributed by atoms with Crippen molar-refractivity contribution in [1.82, 2.24) is 19.1 Å². The molecule has 0 spiro atoms. The molecule has 0 atom stereocenters. The highest BCUT2D eigenvalue weighted by Crippen LogP contribution is 2.05. The monoisotopic (exact) mass is 344 g/mol. The SMILES string of the molecule is Cc1nccn1Cc1ccccc1.Cc1nccn1Cc1ccccc1. The van der Waals surface area contributed by atoms with Gasteiger partial charge in [0.05, 0.1) is 0 Å². The Labute approximate surface area is 154 Å². The average molecular weight is 344 g/mol. The van der Waals surface area contributed by atoms with Crippen molar-refractivity contribution in [2.75, 3.05) is 0 Å². The molecule has 2 heterocycles. The predicted octanol–water partition coefficient (Wildman–Crippen LogP) is 4.48. The normalized spacial score (nSPS) is 10.2. The lowest BCUT2D eigenvalue weighted by Gasteiger charge is -2.03. The molecule has 0 radical (unpaired) electrons. The highest BCUT2D eigenvalue weighted by Gasteiger charge is 1.97. The molecule has 0 N–H and O–H groups in total. The van der Waals surface area contributed by atoms with E-state index in [1.165, 1.54) is 11.1 Å². The summed E-state index contributed by atoms with van der Waals surface area (Å²) in [7, 11) is 0. The fourth-order valence-electron chi connectivity index (χ4n) is 2.70. The summed E-state index contributed by atoms with van der Waals surface area (Å²) < 4.78 is 4.27. The average Bonchev–Trinajstić information content (AvgIpc) is 3.26. The van der Waals surface area contributed by atoms with Gasteiger partial charge >= 0.3 is 0 Å². The minimum Gasteiger partial charge on any atom is -0.331 e. The Bertz CT molecular complexity index is 830. The molecule has 0 amide bonds. The van der Waals surface area contributed by atoms with Crippen molar-refractivity contribution in [3.63, 3.8) is 0 Å². The van der Waals surface area contributed by atoms with Crippen molar-refractivity contribution >= 4 is 0 Å². The molecule has 0 bridgehead atoms. The Morgan fingerprint density at radius 2 is 1.00 bits per heavy atom. The first-order valence-corrected chi connectivity index (χ1v) is 8.75. The van der Waals surface area contributed by atoms with Gasteiger partial charge in [-0.25, -0.2) is 9.97 Å². The molecule has 4 nitrogen and oxygen atoms in total. The van der Waals surface area contributed by atoms with Crippen molar-refractivity contribution < 1.29 is 0 Å². The van der Waals surface area contributed by atoms with E-state index in [1.807, 2.05) is 50.8 Å². The molecule has 0 fully saturated rings. The van der Waals surface area contributed by atoms with Gasteiger partial charge in [0, 0.05) is 37.9 Å². The molecule has 0 saturated carbocycles. The van der Waals surface area contributed by atoms with E-state index in [1.54, 1.807) is 0 Å². The van der Waals surface area contributed by atoms with E-state index < -0.39 is 0 Å². The largest absolute Gasteiger partial charge is 0.331 e. The van der Waals surface area contributed by atoms with E-state index in [9.17, 15) is 0 Å². The zero-order valence-electron chi connectivity index (χ0n) is 15.3. The minimum absolute atomic E-state index is 0.909. The van der Waals surface area contributed by atoms with E-state index in [2.05, 4.69) is 67.6 Å². The summed E-state index contributed by atoms with van der Waals surface area (Å²) >= 11 is 0. The first-order chi connectivity index (χ1) is 12.7. The number of benzene rings is 2. The highest BCUT2D eigenvalue weighted by molar-refractivity contribution is 5.16. The van der Waals surface area contributed by atoms with Crippen molar-refractivity contribution in [3.05, 3.63) is 108 Å². The van der Waals surface area contributed by atoms with Gasteiger partial charge in [-0.05, 0) is 25.0 Å².